The molecule has 1 saturated heterocycles. The van der Waals surface area contributed by atoms with Gasteiger partial charge in [-0.05, 0) is 55.7 Å². The fraction of sp³-hybridized carbons (Fsp3) is 0.417. The molecule has 10 heteroatoms. The van der Waals surface area contributed by atoms with Crippen molar-refractivity contribution in [2.45, 2.75) is 50.2 Å². The highest BCUT2D eigenvalue weighted by molar-refractivity contribution is 7.93. The highest BCUT2D eigenvalue weighted by Crippen LogP contribution is 2.53. The molecule has 0 radical (unpaired) electrons. The predicted molar refractivity (Wildman–Crippen MR) is 121 cm³/mol. The second-order valence-corrected chi connectivity index (χ2v) is 11.6. The van der Waals surface area contributed by atoms with E-state index >= 15 is 0 Å². The van der Waals surface area contributed by atoms with Crippen LogP contribution in [0.4, 0.5) is 20.2 Å². The van der Waals surface area contributed by atoms with Gasteiger partial charge in [-0.2, -0.15) is 8.78 Å². The third-order valence-electron chi connectivity index (χ3n) is 6.88. The molecular formula is C24H24F2N2O5S. The van der Waals surface area contributed by atoms with Crippen LogP contribution < -0.4 is 15.0 Å². The molecule has 5 rings (SSSR count). The molecule has 0 atom stereocenters. The molecule has 34 heavy (non-hydrogen) atoms. The van der Waals surface area contributed by atoms with Crippen LogP contribution in [0, 0.1) is 0 Å². The van der Waals surface area contributed by atoms with Gasteiger partial charge in [0.05, 0.1) is 33.8 Å². The fourth-order valence-corrected chi connectivity index (χ4v) is 7.56. The average Bonchev–Trinajstić information content (AvgIpc) is 3.31. The molecule has 2 aromatic carbocycles. The Morgan fingerprint density at radius 1 is 1.12 bits per heavy atom. The maximum absolute atomic E-state index is 13.7. The third-order valence-corrected chi connectivity index (χ3v) is 9.03. The van der Waals surface area contributed by atoms with Crippen molar-refractivity contribution in [3.63, 3.8) is 0 Å². The molecule has 1 spiro atoms. The first-order chi connectivity index (χ1) is 16.0. The number of carbonyl (C=O) groups excluding carboxylic acids is 2. The molecule has 1 saturated carbocycles. The topological polar surface area (TPSA) is 92.8 Å². The van der Waals surface area contributed by atoms with Gasteiger partial charge in [-0.25, -0.2) is 8.42 Å². The fourth-order valence-electron chi connectivity index (χ4n) is 5.56. The molecular weight excluding hydrogens is 466 g/mol. The number of benzene rings is 2. The summed E-state index contributed by atoms with van der Waals surface area (Å²) in [7, 11) is -3.12. The zero-order valence-corrected chi connectivity index (χ0v) is 19.3. The van der Waals surface area contributed by atoms with E-state index in [0.717, 1.165) is 18.4 Å². The van der Waals surface area contributed by atoms with Crippen LogP contribution in [-0.2, 0) is 20.0 Å². The van der Waals surface area contributed by atoms with Gasteiger partial charge in [0.25, 0.3) is 5.91 Å². The van der Waals surface area contributed by atoms with E-state index < -0.39 is 33.3 Å². The Morgan fingerprint density at radius 2 is 1.82 bits per heavy atom. The maximum Gasteiger partial charge on any atom is 0.387 e. The van der Waals surface area contributed by atoms with Crippen molar-refractivity contribution in [2.24, 2.45) is 0 Å². The van der Waals surface area contributed by atoms with E-state index in [1.165, 1.54) is 17.0 Å². The Morgan fingerprint density at radius 3 is 2.47 bits per heavy atom. The first-order valence-corrected chi connectivity index (χ1v) is 12.9. The summed E-state index contributed by atoms with van der Waals surface area (Å²) in [6.45, 7) is -1.29. The summed E-state index contributed by atoms with van der Waals surface area (Å²) in [6, 6.07) is 11.0. The molecule has 1 aliphatic carbocycles. The highest BCUT2D eigenvalue weighted by Gasteiger charge is 2.53. The second kappa shape index (κ2) is 7.76. The van der Waals surface area contributed by atoms with Crippen molar-refractivity contribution >= 4 is 33.0 Å². The van der Waals surface area contributed by atoms with Crippen molar-refractivity contribution in [2.75, 3.05) is 16.4 Å². The van der Waals surface area contributed by atoms with Gasteiger partial charge in [-0.1, -0.05) is 18.9 Å². The number of hydrogen-bond acceptors (Lipinski definition) is 5. The van der Waals surface area contributed by atoms with Crippen molar-refractivity contribution in [3.05, 3.63) is 53.6 Å². The molecule has 0 unspecified atom stereocenters. The lowest BCUT2D eigenvalue weighted by molar-refractivity contribution is -0.122. The zero-order chi connectivity index (χ0) is 24.3. The van der Waals surface area contributed by atoms with Crippen LogP contribution in [0.15, 0.2) is 42.5 Å². The van der Waals surface area contributed by atoms with E-state index in [1.807, 2.05) is 0 Å². The molecule has 3 aliphatic rings. The molecule has 2 amide bonds. The number of nitrogens with one attached hydrogen (secondary N) is 1. The number of anilines is 2. The van der Waals surface area contributed by atoms with E-state index in [1.54, 1.807) is 37.3 Å². The minimum Gasteiger partial charge on any atom is -0.435 e. The number of halogens is 2. The number of nitrogens with zero attached hydrogens (tertiary/aromatic N) is 1. The summed E-state index contributed by atoms with van der Waals surface area (Å²) in [6.07, 6.45) is 2.98. The summed E-state index contributed by atoms with van der Waals surface area (Å²) < 4.78 is 53.1. The minimum absolute atomic E-state index is 0.0473. The Balaban J connectivity index is 1.51. The maximum atomic E-state index is 13.7. The van der Waals surface area contributed by atoms with Crippen LogP contribution in [0.3, 0.4) is 0 Å². The van der Waals surface area contributed by atoms with E-state index in [2.05, 4.69) is 10.1 Å². The van der Waals surface area contributed by atoms with Gasteiger partial charge in [0.1, 0.15) is 5.75 Å². The highest BCUT2D eigenvalue weighted by atomic mass is 32.2. The quantitative estimate of drug-likeness (QED) is 0.690. The van der Waals surface area contributed by atoms with Crippen LogP contribution in [0.25, 0.3) is 0 Å². The summed E-state index contributed by atoms with van der Waals surface area (Å²) in [5.74, 6) is -0.808. The van der Waals surface area contributed by atoms with E-state index in [0.29, 0.717) is 29.8 Å². The van der Waals surface area contributed by atoms with Crippen molar-refractivity contribution in [3.8, 4) is 5.75 Å². The largest absolute Gasteiger partial charge is 0.435 e. The minimum atomic E-state index is -3.12. The van der Waals surface area contributed by atoms with Crippen molar-refractivity contribution in [1.29, 1.82) is 0 Å². The average molecular weight is 491 g/mol. The molecule has 1 N–H and O–H groups in total. The third kappa shape index (κ3) is 3.73. The predicted octanol–water partition coefficient (Wildman–Crippen LogP) is 3.70. The zero-order valence-electron chi connectivity index (χ0n) is 18.5. The number of ether oxygens (including phenoxy) is 1. The van der Waals surface area contributed by atoms with Gasteiger partial charge in [0.15, 0.2) is 9.84 Å². The number of amides is 2. The lowest BCUT2D eigenvalue weighted by Crippen LogP contribution is -2.63. The van der Waals surface area contributed by atoms with Gasteiger partial charge < -0.3 is 10.1 Å². The van der Waals surface area contributed by atoms with Crippen LogP contribution in [0.5, 0.6) is 5.75 Å². The van der Waals surface area contributed by atoms with Crippen LogP contribution in [-0.4, -0.2) is 43.9 Å². The monoisotopic (exact) mass is 490 g/mol. The van der Waals surface area contributed by atoms with Crippen LogP contribution in [0.2, 0.25) is 0 Å². The number of fused-ring (bicyclic) bond motifs is 2. The van der Waals surface area contributed by atoms with E-state index in [4.69, 9.17) is 0 Å². The Bertz CT molecular complexity index is 1280. The first-order valence-electron chi connectivity index (χ1n) is 11.1. The van der Waals surface area contributed by atoms with Crippen molar-refractivity contribution < 1.29 is 31.5 Å². The molecule has 2 fully saturated rings. The number of carbonyl (C=O) groups is 2. The van der Waals surface area contributed by atoms with Crippen LogP contribution in [0.1, 0.15) is 48.5 Å². The van der Waals surface area contributed by atoms with Gasteiger partial charge in [0, 0.05) is 11.6 Å². The summed E-state index contributed by atoms with van der Waals surface area (Å²) in [5, 5.41) is 2.81. The molecule has 2 heterocycles. The molecule has 7 nitrogen and oxygen atoms in total. The number of alkyl halides is 2. The second-order valence-electron chi connectivity index (χ2n) is 9.58. The summed E-state index contributed by atoms with van der Waals surface area (Å²) in [4.78, 5) is 28.2. The van der Waals surface area contributed by atoms with Gasteiger partial charge >= 0.3 is 6.61 Å². The number of sulfone groups is 1. The first kappa shape index (κ1) is 22.8. The number of rotatable bonds is 5. The normalized spacial score (nSPS) is 21.4. The summed E-state index contributed by atoms with van der Waals surface area (Å²) in [5.41, 5.74) is 0.504. The molecule has 2 aliphatic heterocycles. The lowest BCUT2D eigenvalue weighted by Gasteiger charge is -2.38. The van der Waals surface area contributed by atoms with Crippen molar-refractivity contribution in [1.82, 2.24) is 5.32 Å². The van der Waals surface area contributed by atoms with Gasteiger partial charge in [-0.15, -0.1) is 0 Å². The van der Waals surface area contributed by atoms with Crippen LogP contribution >= 0.6 is 0 Å². The molecule has 180 valence electrons. The Labute approximate surface area is 196 Å². The standard InChI is InChI=1S/C24H24F2N2O5S/c1-23(13-34(31,32)14-23)27-20(29)15-7-8-19-18(11-15)24(9-2-3-10-24)21(30)28(19)16-5-4-6-17(12-16)33-22(25)26/h4-8,11-12,22H,2-3,9-10,13-14H2,1H3,(H,27,29). The van der Waals surface area contributed by atoms with E-state index in [-0.39, 0.29) is 23.2 Å². The summed E-state index contributed by atoms with van der Waals surface area (Å²) >= 11 is 0. The Kier molecular flexibility index (Phi) is 5.20. The number of hydrogen-bond donors (Lipinski definition) is 1. The van der Waals surface area contributed by atoms with Gasteiger partial charge in [0.2, 0.25) is 5.91 Å². The smallest absolute Gasteiger partial charge is 0.387 e. The molecule has 0 bridgehead atoms. The SMILES string of the molecule is CC1(NC(=O)c2ccc3c(c2)C2(CCCC2)C(=O)N3c2cccc(OC(F)F)c2)CS(=O)(=O)C1. The Hall–Kier alpha value is -3.01. The molecule has 0 aromatic heterocycles. The lowest BCUT2D eigenvalue weighted by atomic mass is 9.79. The van der Waals surface area contributed by atoms with E-state index in [9.17, 15) is 26.8 Å². The molecule has 2 aromatic rings. The van der Waals surface area contributed by atoms with Gasteiger partial charge in [-0.3, -0.25) is 14.5 Å².